The van der Waals surface area contributed by atoms with Crippen LogP contribution in [0.25, 0.3) is 0 Å². The van der Waals surface area contributed by atoms with Crippen molar-refractivity contribution in [1.29, 1.82) is 0 Å². The number of carbonyl (C=O) groups is 1. The van der Waals surface area contributed by atoms with E-state index in [1.165, 1.54) is 5.56 Å². The van der Waals surface area contributed by atoms with Crippen molar-refractivity contribution >= 4 is 11.7 Å². The molecule has 1 amide bonds. The van der Waals surface area contributed by atoms with Crippen LogP contribution in [0.2, 0.25) is 0 Å². The Hall–Kier alpha value is -1.62. The van der Waals surface area contributed by atoms with E-state index in [4.69, 9.17) is 0 Å². The van der Waals surface area contributed by atoms with E-state index in [2.05, 4.69) is 34.3 Å². The maximum Gasteiger partial charge on any atom is 0.223 e. The number of aromatic nitrogens is 1. The number of rotatable bonds is 3. The molecule has 2 aliphatic rings. The minimum Gasteiger partial charge on any atom is -0.353 e. The molecule has 5 nitrogen and oxygen atoms in total. The van der Waals surface area contributed by atoms with E-state index in [9.17, 15) is 4.79 Å². The third-order valence-corrected chi connectivity index (χ3v) is 4.52. The summed E-state index contributed by atoms with van der Waals surface area (Å²) in [5.41, 5.74) is 1.20. The molecule has 0 spiro atoms. The summed E-state index contributed by atoms with van der Waals surface area (Å²) in [7, 11) is 1.95. The predicted octanol–water partition coefficient (Wildman–Crippen LogP) is 1.17. The summed E-state index contributed by atoms with van der Waals surface area (Å²) in [5, 5.41) is 3.22. The highest BCUT2D eigenvalue weighted by molar-refractivity contribution is 5.79. The average molecular weight is 274 g/mol. The standard InChI is InChI=1S/C15H22N4O/c1-11(16-2)12-3-5-14(17-9-12)18-7-8-19-13(10-18)4-6-15(19)20/h3,5,9,11,13,16H,4,6-8,10H2,1-2H3. The molecule has 2 aliphatic heterocycles. The Morgan fingerprint density at radius 3 is 2.95 bits per heavy atom. The van der Waals surface area contributed by atoms with Crippen molar-refractivity contribution < 1.29 is 4.79 Å². The zero-order chi connectivity index (χ0) is 14.1. The Labute approximate surface area is 120 Å². The normalized spacial score (nSPS) is 23.9. The fourth-order valence-corrected chi connectivity index (χ4v) is 3.08. The zero-order valence-corrected chi connectivity index (χ0v) is 12.2. The lowest BCUT2D eigenvalue weighted by atomic mass is 10.1. The molecule has 0 aromatic carbocycles. The minimum atomic E-state index is 0.320. The van der Waals surface area contributed by atoms with E-state index in [0.29, 0.717) is 24.4 Å². The Balaban J connectivity index is 1.69. The minimum absolute atomic E-state index is 0.320. The molecule has 1 aromatic rings. The second kappa shape index (κ2) is 5.40. The highest BCUT2D eigenvalue weighted by atomic mass is 16.2. The van der Waals surface area contributed by atoms with Crippen molar-refractivity contribution in [2.24, 2.45) is 0 Å². The lowest BCUT2D eigenvalue weighted by Crippen LogP contribution is -2.51. The number of fused-ring (bicyclic) bond motifs is 1. The molecule has 2 fully saturated rings. The van der Waals surface area contributed by atoms with Crippen molar-refractivity contribution in [1.82, 2.24) is 15.2 Å². The first-order valence-electron chi connectivity index (χ1n) is 7.36. The second-order valence-corrected chi connectivity index (χ2v) is 5.69. The van der Waals surface area contributed by atoms with Crippen LogP contribution in [0.3, 0.4) is 0 Å². The molecule has 0 radical (unpaired) electrons. The lowest BCUT2D eigenvalue weighted by Gasteiger charge is -2.38. The summed E-state index contributed by atoms with van der Waals surface area (Å²) in [4.78, 5) is 20.6. The number of piperazine rings is 1. The van der Waals surface area contributed by atoms with Crippen molar-refractivity contribution in [3.05, 3.63) is 23.9 Å². The molecular formula is C15H22N4O. The van der Waals surface area contributed by atoms with Crippen molar-refractivity contribution in [2.45, 2.75) is 31.8 Å². The Morgan fingerprint density at radius 2 is 2.25 bits per heavy atom. The Bertz CT molecular complexity index is 487. The van der Waals surface area contributed by atoms with E-state index in [1.807, 2.05) is 18.1 Å². The highest BCUT2D eigenvalue weighted by Crippen LogP contribution is 2.25. The van der Waals surface area contributed by atoms with Crippen LogP contribution in [0.15, 0.2) is 18.3 Å². The van der Waals surface area contributed by atoms with Gasteiger partial charge in [0.1, 0.15) is 5.82 Å². The monoisotopic (exact) mass is 274 g/mol. The lowest BCUT2D eigenvalue weighted by molar-refractivity contribution is -0.129. The number of amides is 1. The maximum atomic E-state index is 11.7. The molecule has 0 aliphatic carbocycles. The topological polar surface area (TPSA) is 48.5 Å². The van der Waals surface area contributed by atoms with E-state index < -0.39 is 0 Å². The molecule has 5 heteroatoms. The van der Waals surface area contributed by atoms with Gasteiger partial charge in [0.15, 0.2) is 0 Å². The molecule has 0 saturated carbocycles. The first-order valence-corrected chi connectivity index (χ1v) is 7.36. The molecule has 108 valence electrons. The van der Waals surface area contributed by atoms with Crippen LogP contribution < -0.4 is 10.2 Å². The van der Waals surface area contributed by atoms with Crippen molar-refractivity contribution in [2.75, 3.05) is 31.6 Å². The average Bonchev–Trinajstić information content (AvgIpc) is 2.87. The summed E-state index contributed by atoms with van der Waals surface area (Å²) in [6.07, 6.45) is 3.65. The van der Waals surface area contributed by atoms with Gasteiger partial charge in [-0.05, 0) is 32.0 Å². The first kappa shape index (κ1) is 13.4. The highest BCUT2D eigenvalue weighted by Gasteiger charge is 2.35. The van der Waals surface area contributed by atoms with Crippen LogP contribution in [-0.2, 0) is 4.79 Å². The summed E-state index contributed by atoms with van der Waals surface area (Å²) in [6.45, 7) is 4.76. The fraction of sp³-hybridized carbons (Fsp3) is 0.600. The van der Waals surface area contributed by atoms with E-state index >= 15 is 0 Å². The summed E-state index contributed by atoms with van der Waals surface area (Å²) < 4.78 is 0. The zero-order valence-electron chi connectivity index (χ0n) is 12.2. The van der Waals surface area contributed by atoms with Gasteiger partial charge in [0, 0.05) is 44.3 Å². The van der Waals surface area contributed by atoms with Crippen LogP contribution in [0.5, 0.6) is 0 Å². The van der Waals surface area contributed by atoms with Crippen molar-refractivity contribution in [3.8, 4) is 0 Å². The predicted molar refractivity (Wildman–Crippen MR) is 78.7 cm³/mol. The van der Waals surface area contributed by atoms with Crippen molar-refractivity contribution in [3.63, 3.8) is 0 Å². The van der Waals surface area contributed by atoms with Gasteiger partial charge < -0.3 is 15.1 Å². The van der Waals surface area contributed by atoms with Gasteiger partial charge in [-0.25, -0.2) is 4.98 Å². The number of nitrogens with zero attached hydrogens (tertiary/aromatic N) is 3. The van der Waals surface area contributed by atoms with Crippen LogP contribution in [0.4, 0.5) is 5.82 Å². The molecular weight excluding hydrogens is 252 g/mol. The maximum absolute atomic E-state index is 11.7. The quantitative estimate of drug-likeness (QED) is 0.899. The summed E-state index contributed by atoms with van der Waals surface area (Å²) in [6, 6.07) is 4.93. The van der Waals surface area contributed by atoms with Crippen LogP contribution >= 0.6 is 0 Å². The molecule has 2 saturated heterocycles. The molecule has 0 bridgehead atoms. The van der Waals surface area contributed by atoms with Gasteiger partial charge in [0.05, 0.1) is 0 Å². The largest absolute Gasteiger partial charge is 0.353 e. The summed E-state index contributed by atoms with van der Waals surface area (Å²) in [5.74, 6) is 1.34. The van der Waals surface area contributed by atoms with Gasteiger partial charge in [-0.2, -0.15) is 0 Å². The third-order valence-electron chi connectivity index (χ3n) is 4.52. The van der Waals surface area contributed by atoms with Gasteiger partial charge in [-0.1, -0.05) is 6.07 Å². The SMILES string of the molecule is CNC(C)c1ccc(N2CCN3C(=O)CCC3C2)nc1. The molecule has 2 unspecified atom stereocenters. The Kier molecular flexibility index (Phi) is 3.61. The van der Waals surface area contributed by atoms with E-state index in [0.717, 1.165) is 31.9 Å². The fourth-order valence-electron chi connectivity index (χ4n) is 3.08. The number of hydrogen-bond donors (Lipinski definition) is 1. The van der Waals surface area contributed by atoms with Gasteiger partial charge >= 0.3 is 0 Å². The number of carbonyl (C=O) groups excluding carboxylic acids is 1. The first-order chi connectivity index (χ1) is 9.69. The van der Waals surface area contributed by atoms with E-state index in [1.54, 1.807) is 0 Å². The van der Waals surface area contributed by atoms with Gasteiger partial charge in [0.25, 0.3) is 0 Å². The second-order valence-electron chi connectivity index (χ2n) is 5.69. The molecule has 3 rings (SSSR count). The number of anilines is 1. The van der Waals surface area contributed by atoms with Crippen LogP contribution in [0.1, 0.15) is 31.4 Å². The molecule has 3 heterocycles. The number of pyridine rings is 1. The van der Waals surface area contributed by atoms with Gasteiger partial charge in [-0.15, -0.1) is 0 Å². The van der Waals surface area contributed by atoms with Crippen LogP contribution in [-0.4, -0.2) is 48.5 Å². The third kappa shape index (κ3) is 2.38. The molecule has 1 aromatic heterocycles. The van der Waals surface area contributed by atoms with Crippen LogP contribution in [0, 0.1) is 0 Å². The van der Waals surface area contributed by atoms with Gasteiger partial charge in [-0.3, -0.25) is 4.79 Å². The smallest absolute Gasteiger partial charge is 0.223 e. The molecule has 1 N–H and O–H groups in total. The summed E-state index contributed by atoms with van der Waals surface area (Å²) >= 11 is 0. The number of nitrogens with one attached hydrogen (secondary N) is 1. The van der Waals surface area contributed by atoms with E-state index in [-0.39, 0.29) is 0 Å². The van der Waals surface area contributed by atoms with Gasteiger partial charge in [0.2, 0.25) is 5.91 Å². The molecule has 2 atom stereocenters. The Morgan fingerprint density at radius 1 is 1.40 bits per heavy atom. The number of hydrogen-bond acceptors (Lipinski definition) is 4. The molecule has 20 heavy (non-hydrogen) atoms.